The third kappa shape index (κ3) is 6.32. The van der Waals surface area contributed by atoms with Crippen molar-refractivity contribution in [1.29, 1.82) is 0 Å². The second-order valence-corrected chi connectivity index (χ2v) is 8.23. The number of nitrogens with one attached hydrogen (secondary N) is 1. The Bertz CT molecular complexity index is 817. The zero-order valence-corrected chi connectivity index (χ0v) is 19.1. The molecule has 8 nitrogen and oxygen atoms in total. The summed E-state index contributed by atoms with van der Waals surface area (Å²) in [4.78, 5) is 20.8. The molecular weight excluding hydrogens is 402 g/mol. The number of anilines is 1. The molecule has 2 aliphatic heterocycles. The van der Waals surface area contributed by atoms with Crippen molar-refractivity contribution in [2.24, 2.45) is 4.99 Å². The van der Waals surface area contributed by atoms with E-state index in [0.29, 0.717) is 0 Å². The summed E-state index contributed by atoms with van der Waals surface area (Å²) >= 11 is 0. The molecule has 8 heteroatoms. The first kappa shape index (κ1) is 22.3. The number of likely N-dealkylation sites (tertiary alicyclic amines) is 1. The maximum Gasteiger partial charge on any atom is 0.225 e. The first-order valence-electron chi connectivity index (χ1n) is 11.8. The van der Waals surface area contributed by atoms with Gasteiger partial charge in [0.1, 0.15) is 11.9 Å². The van der Waals surface area contributed by atoms with Crippen LogP contribution in [0, 0.1) is 0 Å². The second kappa shape index (κ2) is 11.7. The lowest BCUT2D eigenvalue weighted by Crippen LogP contribution is -2.49. The molecule has 4 rings (SSSR count). The van der Waals surface area contributed by atoms with Crippen molar-refractivity contribution in [3.05, 3.63) is 48.8 Å². The molecule has 32 heavy (non-hydrogen) atoms. The number of nitrogens with zero attached hydrogens (tertiary/aromatic N) is 6. The molecule has 0 saturated carbocycles. The Morgan fingerprint density at radius 1 is 1.00 bits per heavy atom. The number of aromatic nitrogens is 2. The second-order valence-electron chi connectivity index (χ2n) is 8.23. The quantitative estimate of drug-likeness (QED) is 0.526. The molecule has 1 aromatic carbocycles. The molecule has 2 fully saturated rings. The minimum atomic E-state index is 0.279. The smallest absolute Gasteiger partial charge is 0.225 e. The van der Waals surface area contributed by atoms with E-state index >= 15 is 0 Å². The number of para-hydroxylation sites is 1. The fourth-order valence-corrected chi connectivity index (χ4v) is 4.23. The third-order valence-electron chi connectivity index (χ3n) is 6.01. The van der Waals surface area contributed by atoms with Gasteiger partial charge in [-0.2, -0.15) is 0 Å². The van der Waals surface area contributed by atoms with Crippen molar-refractivity contribution in [2.75, 3.05) is 63.8 Å². The van der Waals surface area contributed by atoms with Gasteiger partial charge in [0.15, 0.2) is 5.96 Å². The molecule has 2 aliphatic rings. The van der Waals surface area contributed by atoms with E-state index in [0.717, 1.165) is 89.4 Å². The van der Waals surface area contributed by atoms with Gasteiger partial charge < -0.3 is 19.9 Å². The minimum Gasteiger partial charge on any atom is -0.490 e. The highest BCUT2D eigenvalue weighted by molar-refractivity contribution is 5.80. The van der Waals surface area contributed by atoms with Crippen LogP contribution in [0.3, 0.4) is 0 Å². The van der Waals surface area contributed by atoms with Gasteiger partial charge >= 0.3 is 0 Å². The number of guanidine groups is 1. The fraction of sp³-hybridized carbons (Fsp3) is 0.542. The third-order valence-corrected chi connectivity index (χ3v) is 6.01. The summed E-state index contributed by atoms with van der Waals surface area (Å²) in [6.07, 6.45) is 5.93. The highest BCUT2D eigenvalue weighted by Crippen LogP contribution is 2.18. The van der Waals surface area contributed by atoms with Crippen molar-refractivity contribution >= 4 is 11.9 Å². The van der Waals surface area contributed by atoms with Crippen molar-refractivity contribution in [1.82, 2.24) is 25.1 Å². The van der Waals surface area contributed by atoms with Crippen LogP contribution in [0.1, 0.15) is 19.8 Å². The molecule has 0 amide bonds. The minimum absolute atomic E-state index is 0.279. The van der Waals surface area contributed by atoms with Crippen LogP contribution in [0.2, 0.25) is 0 Å². The van der Waals surface area contributed by atoms with Crippen LogP contribution in [0.15, 0.2) is 53.8 Å². The maximum atomic E-state index is 6.14. The Hall–Kier alpha value is -2.87. The molecule has 0 unspecified atom stereocenters. The van der Waals surface area contributed by atoms with Crippen LogP contribution < -0.4 is 15.0 Å². The number of piperidine rings is 1. The van der Waals surface area contributed by atoms with E-state index < -0.39 is 0 Å². The number of rotatable bonds is 7. The van der Waals surface area contributed by atoms with Crippen molar-refractivity contribution in [2.45, 2.75) is 25.9 Å². The lowest BCUT2D eigenvalue weighted by Gasteiger charge is -2.35. The lowest BCUT2D eigenvalue weighted by molar-refractivity contribution is 0.129. The Morgan fingerprint density at radius 2 is 1.72 bits per heavy atom. The molecule has 0 spiro atoms. The monoisotopic (exact) mass is 437 g/mol. The van der Waals surface area contributed by atoms with E-state index in [2.05, 4.69) is 36.9 Å². The average molecular weight is 438 g/mol. The highest BCUT2D eigenvalue weighted by Gasteiger charge is 2.23. The molecule has 0 radical (unpaired) electrons. The lowest BCUT2D eigenvalue weighted by atomic mass is 10.1. The van der Waals surface area contributed by atoms with E-state index in [1.807, 2.05) is 48.8 Å². The number of hydrogen-bond acceptors (Lipinski definition) is 6. The molecule has 2 aromatic rings. The number of piperazine rings is 1. The molecule has 3 heterocycles. The first-order valence-corrected chi connectivity index (χ1v) is 11.8. The average Bonchev–Trinajstić information content (AvgIpc) is 2.86. The molecule has 1 aromatic heterocycles. The van der Waals surface area contributed by atoms with Crippen LogP contribution in [0.5, 0.6) is 5.75 Å². The van der Waals surface area contributed by atoms with Crippen LogP contribution in [-0.4, -0.2) is 90.7 Å². The Kier molecular flexibility index (Phi) is 8.14. The molecular formula is C24H35N7O. The van der Waals surface area contributed by atoms with Crippen LogP contribution in [-0.2, 0) is 0 Å². The van der Waals surface area contributed by atoms with Crippen molar-refractivity contribution in [3.8, 4) is 5.75 Å². The van der Waals surface area contributed by atoms with Gasteiger partial charge in [-0.3, -0.25) is 9.89 Å². The predicted molar refractivity (Wildman–Crippen MR) is 128 cm³/mol. The van der Waals surface area contributed by atoms with Gasteiger partial charge in [0.25, 0.3) is 0 Å². The van der Waals surface area contributed by atoms with E-state index in [-0.39, 0.29) is 6.10 Å². The van der Waals surface area contributed by atoms with Crippen LogP contribution in [0.25, 0.3) is 0 Å². The summed E-state index contributed by atoms with van der Waals surface area (Å²) in [6, 6.07) is 12.0. The topological polar surface area (TPSA) is 69.1 Å². The number of benzene rings is 1. The van der Waals surface area contributed by atoms with E-state index in [1.165, 1.54) is 0 Å². The summed E-state index contributed by atoms with van der Waals surface area (Å²) in [5.41, 5.74) is 0. The normalized spacial score (nSPS) is 18.6. The number of ether oxygens (including phenoxy) is 1. The van der Waals surface area contributed by atoms with Gasteiger partial charge in [-0.05, 0) is 25.1 Å². The van der Waals surface area contributed by atoms with Gasteiger partial charge in [-0.1, -0.05) is 18.2 Å². The summed E-state index contributed by atoms with van der Waals surface area (Å²) in [7, 11) is 0. The largest absolute Gasteiger partial charge is 0.490 e. The predicted octanol–water partition coefficient (Wildman–Crippen LogP) is 2.11. The van der Waals surface area contributed by atoms with Crippen molar-refractivity contribution in [3.63, 3.8) is 0 Å². The number of aliphatic imine (C=N–C) groups is 1. The molecule has 2 saturated heterocycles. The maximum absolute atomic E-state index is 6.14. The van der Waals surface area contributed by atoms with Crippen LogP contribution in [0.4, 0.5) is 5.95 Å². The van der Waals surface area contributed by atoms with Gasteiger partial charge in [0, 0.05) is 77.6 Å². The van der Waals surface area contributed by atoms with Gasteiger partial charge in [-0.15, -0.1) is 0 Å². The summed E-state index contributed by atoms with van der Waals surface area (Å²) in [5.74, 6) is 2.83. The first-order chi connectivity index (χ1) is 15.8. The Balaban J connectivity index is 1.21. The molecule has 1 N–H and O–H groups in total. The molecule has 0 aliphatic carbocycles. The molecule has 172 valence electrons. The molecule has 0 bridgehead atoms. The standard InChI is InChI=1S/C24H35N7O/c1-2-25-23(30-14-9-22(10-15-30)32-21-7-4-3-5-8-21)28-13-16-29-17-19-31(20-18-29)24-26-11-6-12-27-24/h3-8,11-12,22H,2,9-10,13-20H2,1H3,(H,25,28). The van der Waals surface area contributed by atoms with E-state index in [9.17, 15) is 0 Å². The molecule has 0 atom stereocenters. The van der Waals surface area contributed by atoms with Crippen LogP contribution >= 0.6 is 0 Å². The van der Waals surface area contributed by atoms with Crippen molar-refractivity contribution < 1.29 is 4.74 Å². The zero-order chi connectivity index (χ0) is 22.0. The van der Waals surface area contributed by atoms with E-state index in [4.69, 9.17) is 9.73 Å². The summed E-state index contributed by atoms with van der Waals surface area (Å²) in [5, 5.41) is 3.47. The highest BCUT2D eigenvalue weighted by atomic mass is 16.5. The summed E-state index contributed by atoms with van der Waals surface area (Å²) < 4.78 is 6.14. The fourth-order valence-electron chi connectivity index (χ4n) is 4.23. The SMILES string of the molecule is CCNC(=NCCN1CCN(c2ncccn2)CC1)N1CCC(Oc2ccccc2)CC1. The Morgan fingerprint density at radius 3 is 2.41 bits per heavy atom. The van der Waals surface area contributed by atoms with Gasteiger partial charge in [-0.25, -0.2) is 9.97 Å². The zero-order valence-electron chi connectivity index (χ0n) is 19.1. The summed E-state index contributed by atoms with van der Waals surface area (Å²) in [6.45, 7) is 10.7. The van der Waals surface area contributed by atoms with E-state index in [1.54, 1.807) is 0 Å². The Labute approximate surface area is 191 Å². The van der Waals surface area contributed by atoms with Gasteiger partial charge in [0.2, 0.25) is 5.95 Å². The van der Waals surface area contributed by atoms with Gasteiger partial charge in [0.05, 0.1) is 6.54 Å². The number of hydrogen-bond donors (Lipinski definition) is 1.